The van der Waals surface area contributed by atoms with Gasteiger partial charge in [-0.3, -0.25) is 4.79 Å². The number of nitrogens with two attached hydrogens (primary N) is 1. The molecule has 0 aliphatic rings. The molecule has 4 N–H and O–H groups in total. The molecule has 0 aliphatic heterocycles. The zero-order valence-corrected chi connectivity index (χ0v) is 15.8. The van der Waals surface area contributed by atoms with E-state index in [4.69, 9.17) is 9.84 Å². The molecular weight excluding hydrogens is 322 g/mol. The topological polar surface area (TPSA) is 105 Å². The number of carbonyl (C=O) groups excluding carboxylic acids is 1. The molecular formula is C18H31N3O4. The Balaban J connectivity index is 0.00000101. The summed E-state index contributed by atoms with van der Waals surface area (Å²) < 4.78 is 5.24. The van der Waals surface area contributed by atoms with E-state index in [9.17, 15) is 9.59 Å². The highest BCUT2D eigenvalue weighted by Gasteiger charge is 2.16. The number of nitrogens with zero attached hydrogens (tertiary/aromatic N) is 1. The van der Waals surface area contributed by atoms with E-state index in [1.165, 1.54) is 5.56 Å². The Labute approximate surface area is 150 Å². The zero-order valence-electron chi connectivity index (χ0n) is 15.8. The average Bonchev–Trinajstić information content (AvgIpc) is 2.55. The van der Waals surface area contributed by atoms with Gasteiger partial charge in [-0.2, -0.15) is 0 Å². The number of aliphatic carboxylic acids is 1. The van der Waals surface area contributed by atoms with E-state index >= 15 is 0 Å². The molecule has 1 atom stereocenters. The number of likely N-dealkylation sites (N-methyl/N-ethyl adjacent to an activating group) is 1. The number of nitrogens with one attached hydrogen (secondary N) is 1. The molecule has 0 saturated heterocycles. The van der Waals surface area contributed by atoms with Crippen molar-refractivity contribution in [2.75, 3.05) is 39.1 Å². The van der Waals surface area contributed by atoms with E-state index in [0.717, 1.165) is 12.2 Å². The van der Waals surface area contributed by atoms with Crippen molar-refractivity contribution in [1.82, 2.24) is 4.90 Å². The van der Waals surface area contributed by atoms with E-state index < -0.39 is 5.97 Å². The number of benzene rings is 1. The van der Waals surface area contributed by atoms with Crippen molar-refractivity contribution >= 4 is 17.6 Å². The van der Waals surface area contributed by atoms with Gasteiger partial charge in [0.05, 0.1) is 6.54 Å². The lowest BCUT2D eigenvalue weighted by atomic mass is 10.0. The summed E-state index contributed by atoms with van der Waals surface area (Å²) in [7, 11) is 3.91. The van der Waals surface area contributed by atoms with Crippen molar-refractivity contribution in [3.63, 3.8) is 0 Å². The molecule has 0 unspecified atom stereocenters. The maximum atomic E-state index is 11.9. The largest absolute Gasteiger partial charge is 0.480 e. The third kappa shape index (κ3) is 10.4. The number of hydrogen-bond donors (Lipinski definition) is 3. The Kier molecular flexibility index (Phi) is 11.2. The molecule has 142 valence electrons. The fourth-order valence-corrected chi connectivity index (χ4v) is 1.88. The van der Waals surface area contributed by atoms with Crippen LogP contribution < -0.4 is 11.1 Å². The molecule has 0 amide bonds. The van der Waals surface area contributed by atoms with Crippen molar-refractivity contribution in [1.29, 1.82) is 0 Å². The number of para-hydroxylation sites is 1. The summed E-state index contributed by atoms with van der Waals surface area (Å²) >= 11 is 0. The minimum atomic E-state index is -0.968. The first-order chi connectivity index (χ1) is 11.7. The van der Waals surface area contributed by atoms with Crippen LogP contribution in [0.5, 0.6) is 0 Å². The molecule has 0 aliphatic carbocycles. The Morgan fingerprint density at radius 2 is 1.80 bits per heavy atom. The van der Waals surface area contributed by atoms with Gasteiger partial charge >= 0.3 is 11.9 Å². The van der Waals surface area contributed by atoms with Gasteiger partial charge < -0.3 is 25.8 Å². The molecule has 0 fully saturated rings. The van der Waals surface area contributed by atoms with E-state index in [1.54, 1.807) is 0 Å². The lowest BCUT2D eigenvalue weighted by Gasteiger charge is -2.19. The Morgan fingerprint density at radius 3 is 2.28 bits per heavy atom. The van der Waals surface area contributed by atoms with E-state index in [1.807, 2.05) is 44.1 Å². The van der Waals surface area contributed by atoms with Gasteiger partial charge in [-0.1, -0.05) is 32.0 Å². The van der Waals surface area contributed by atoms with Crippen molar-refractivity contribution < 1.29 is 19.4 Å². The fraction of sp³-hybridized carbons (Fsp3) is 0.556. The van der Waals surface area contributed by atoms with Crippen LogP contribution in [0.25, 0.3) is 0 Å². The number of anilines is 1. The summed E-state index contributed by atoms with van der Waals surface area (Å²) in [6.07, 6.45) is 0. The Bertz CT molecular complexity index is 533. The van der Waals surface area contributed by atoms with Crippen LogP contribution >= 0.6 is 0 Å². The maximum absolute atomic E-state index is 11.9. The number of hydrogen-bond acceptors (Lipinski definition) is 6. The average molecular weight is 353 g/mol. The summed E-state index contributed by atoms with van der Waals surface area (Å²) in [5.41, 5.74) is 6.78. The lowest BCUT2D eigenvalue weighted by Crippen LogP contribution is -2.30. The third-order valence-electron chi connectivity index (χ3n) is 3.27. The number of carboxylic acid groups (broad SMARTS) is 1. The van der Waals surface area contributed by atoms with Gasteiger partial charge in [-0.15, -0.1) is 0 Å². The minimum absolute atomic E-state index is 0.217. The van der Waals surface area contributed by atoms with Gasteiger partial charge in [0, 0.05) is 12.2 Å². The third-order valence-corrected chi connectivity index (χ3v) is 3.27. The smallest absolute Gasteiger partial charge is 0.328 e. The van der Waals surface area contributed by atoms with Gasteiger partial charge in [0.1, 0.15) is 12.6 Å². The number of ether oxygens (including phenoxy) is 1. The maximum Gasteiger partial charge on any atom is 0.328 e. The predicted molar refractivity (Wildman–Crippen MR) is 99.8 cm³/mol. The molecule has 7 heteroatoms. The second-order valence-electron chi connectivity index (χ2n) is 6.18. The number of carbonyl (C=O) groups is 2. The second kappa shape index (κ2) is 12.3. The Hall–Kier alpha value is -2.12. The summed E-state index contributed by atoms with van der Waals surface area (Å²) in [4.78, 5) is 23.1. The molecule has 0 heterocycles. The first-order valence-electron chi connectivity index (χ1n) is 8.27. The van der Waals surface area contributed by atoms with Crippen LogP contribution in [0.2, 0.25) is 0 Å². The van der Waals surface area contributed by atoms with Crippen molar-refractivity contribution in [3.05, 3.63) is 29.8 Å². The highest BCUT2D eigenvalue weighted by atomic mass is 16.5. The van der Waals surface area contributed by atoms with E-state index in [0.29, 0.717) is 12.5 Å². The summed E-state index contributed by atoms with van der Waals surface area (Å²) in [6.45, 7) is 6.99. The molecule has 1 aromatic rings. The summed E-state index contributed by atoms with van der Waals surface area (Å²) in [5.74, 6) is -0.772. The molecule has 1 rings (SSSR count). The molecule has 0 bridgehead atoms. The van der Waals surface area contributed by atoms with Crippen LogP contribution in [0.15, 0.2) is 24.3 Å². The number of esters is 1. The SMILES string of the molecule is CC(C)c1ccccc1N[C@@H](C)C(=O)OCCN(C)C.NCC(=O)O. The Morgan fingerprint density at radius 1 is 1.24 bits per heavy atom. The lowest BCUT2D eigenvalue weighted by molar-refractivity contribution is -0.144. The van der Waals surface area contributed by atoms with Crippen LogP contribution in [0.1, 0.15) is 32.3 Å². The monoisotopic (exact) mass is 353 g/mol. The highest BCUT2D eigenvalue weighted by molar-refractivity contribution is 5.79. The predicted octanol–water partition coefficient (Wildman–Crippen LogP) is 1.74. The summed E-state index contributed by atoms with van der Waals surface area (Å²) in [6, 6.07) is 7.71. The van der Waals surface area contributed by atoms with Crippen LogP contribution in [-0.4, -0.2) is 61.8 Å². The normalized spacial score (nSPS) is 11.5. The van der Waals surface area contributed by atoms with Gasteiger partial charge in [0.15, 0.2) is 0 Å². The van der Waals surface area contributed by atoms with Crippen LogP contribution in [0.3, 0.4) is 0 Å². The highest BCUT2D eigenvalue weighted by Crippen LogP contribution is 2.24. The first kappa shape index (κ1) is 22.9. The molecule has 0 saturated carbocycles. The fourth-order valence-electron chi connectivity index (χ4n) is 1.88. The van der Waals surface area contributed by atoms with Gasteiger partial charge in [0.2, 0.25) is 0 Å². The van der Waals surface area contributed by atoms with Gasteiger partial charge in [-0.25, -0.2) is 4.79 Å². The van der Waals surface area contributed by atoms with E-state index in [-0.39, 0.29) is 18.6 Å². The van der Waals surface area contributed by atoms with Crippen molar-refractivity contribution in [2.24, 2.45) is 5.73 Å². The van der Waals surface area contributed by atoms with Gasteiger partial charge in [0.25, 0.3) is 0 Å². The summed E-state index contributed by atoms with van der Waals surface area (Å²) in [5, 5.41) is 10.8. The standard InChI is InChI=1S/C16H26N2O2.C2H5NO2/c1-12(2)14-8-6-7-9-15(14)17-13(3)16(19)20-11-10-18(4)5;3-1-2(4)5/h6-9,12-13,17H,10-11H2,1-5H3;1,3H2,(H,4,5)/t13-;/m0./s1. The van der Waals surface area contributed by atoms with Crippen LogP contribution in [0, 0.1) is 0 Å². The van der Waals surface area contributed by atoms with Crippen molar-refractivity contribution in [3.8, 4) is 0 Å². The van der Waals surface area contributed by atoms with E-state index in [2.05, 4.69) is 31.0 Å². The van der Waals surface area contributed by atoms with Crippen molar-refractivity contribution in [2.45, 2.75) is 32.7 Å². The van der Waals surface area contributed by atoms with Crippen LogP contribution in [-0.2, 0) is 14.3 Å². The molecule has 25 heavy (non-hydrogen) atoms. The minimum Gasteiger partial charge on any atom is -0.480 e. The molecule has 0 radical (unpaired) electrons. The molecule has 0 spiro atoms. The molecule has 1 aromatic carbocycles. The molecule has 0 aromatic heterocycles. The van der Waals surface area contributed by atoms with Gasteiger partial charge in [-0.05, 0) is 38.6 Å². The van der Waals surface area contributed by atoms with Crippen LogP contribution in [0.4, 0.5) is 5.69 Å². The zero-order chi connectivity index (χ0) is 19.4. The number of carboxylic acids is 1. The quantitative estimate of drug-likeness (QED) is 0.611. The second-order valence-corrected chi connectivity index (χ2v) is 6.18. The molecule has 7 nitrogen and oxygen atoms in total. The first-order valence-corrected chi connectivity index (χ1v) is 8.27. The number of rotatable bonds is 8.